The van der Waals surface area contributed by atoms with E-state index >= 15 is 0 Å². The van der Waals surface area contributed by atoms with Crippen LogP contribution in [0.1, 0.15) is 37.3 Å². The lowest BCUT2D eigenvalue weighted by atomic mass is 10.1. The van der Waals surface area contributed by atoms with Gasteiger partial charge in [-0.15, -0.1) is 0 Å². The molecule has 1 heterocycles. The Labute approximate surface area is 173 Å². The van der Waals surface area contributed by atoms with Gasteiger partial charge in [0.05, 0.1) is 4.90 Å². The molecule has 0 saturated carbocycles. The first-order chi connectivity index (χ1) is 13.8. The number of rotatable bonds is 6. The number of aryl methyl sites for hydroxylation is 2. The Bertz CT molecular complexity index is 962. The van der Waals surface area contributed by atoms with Gasteiger partial charge < -0.3 is 10.6 Å². The number of benzene rings is 2. The molecule has 0 spiro atoms. The Hall–Kier alpha value is -2.38. The SMILES string of the molecule is Cc1cc(C)cc(N[C@H](C)C(=O)Nc2cccc(S(=O)(=O)N3CCCCC3)c2)c1. The minimum atomic E-state index is -3.53. The minimum Gasteiger partial charge on any atom is -0.374 e. The molecule has 0 unspecified atom stereocenters. The van der Waals surface area contributed by atoms with Gasteiger partial charge in [-0.25, -0.2) is 8.42 Å². The Morgan fingerprint density at radius 1 is 0.966 bits per heavy atom. The van der Waals surface area contributed by atoms with E-state index in [0.717, 1.165) is 36.1 Å². The Balaban J connectivity index is 1.69. The molecule has 2 aromatic carbocycles. The summed E-state index contributed by atoms with van der Waals surface area (Å²) in [5.74, 6) is -0.225. The second-order valence-electron chi connectivity index (χ2n) is 7.72. The maximum absolute atomic E-state index is 12.9. The zero-order chi connectivity index (χ0) is 21.0. The van der Waals surface area contributed by atoms with Crippen LogP contribution >= 0.6 is 0 Å². The minimum absolute atomic E-state index is 0.215. The summed E-state index contributed by atoms with van der Waals surface area (Å²) in [5.41, 5.74) is 3.60. The summed E-state index contributed by atoms with van der Waals surface area (Å²) in [4.78, 5) is 12.8. The lowest BCUT2D eigenvalue weighted by Crippen LogP contribution is -2.35. The molecule has 6 nitrogen and oxygen atoms in total. The summed E-state index contributed by atoms with van der Waals surface area (Å²) >= 11 is 0. The Kier molecular flexibility index (Phi) is 6.59. The maximum atomic E-state index is 12.9. The molecule has 1 aliphatic heterocycles. The van der Waals surface area contributed by atoms with Crippen molar-refractivity contribution in [1.29, 1.82) is 0 Å². The van der Waals surface area contributed by atoms with E-state index in [-0.39, 0.29) is 10.8 Å². The van der Waals surface area contributed by atoms with Crippen LogP contribution in [0.15, 0.2) is 47.4 Å². The van der Waals surface area contributed by atoms with Gasteiger partial charge in [0.2, 0.25) is 15.9 Å². The van der Waals surface area contributed by atoms with Crippen LogP contribution in [0.4, 0.5) is 11.4 Å². The highest BCUT2D eigenvalue weighted by molar-refractivity contribution is 7.89. The van der Waals surface area contributed by atoms with Crippen molar-refractivity contribution in [1.82, 2.24) is 4.31 Å². The van der Waals surface area contributed by atoms with Crippen molar-refractivity contribution in [3.63, 3.8) is 0 Å². The van der Waals surface area contributed by atoms with E-state index in [1.54, 1.807) is 25.1 Å². The average molecular weight is 416 g/mol. The molecule has 0 aromatic heterocycles. The van der Waals surface area contributed by atoms with Crippen molar-refractivity contribution in [2.45, 2.75) is 51.0 Å². The number of piperidine rings is 1. The third-order valence-corrected chi connectivity index (χ3v) is 6.95. The van der Waals surface area contributed by atoms with Crippen LogP contribution in [0.2, 0.25) is 0 Å². The molecule has 1 aliphatic rings. The van der Waals surface area contributed by atoms with Crippen LogP contribution in [0.3, 0.4) is 0 Å². The fraction of sp³-hybridized carbons (Fsp3) is 0.409. The maximum Gasteiger partial charge on any atom is 0.246 e. The Morgan fingerprint density at radius 3 is 2.28 bits per heavy atom. The van der Waals surface area contributed by atoms with Crippen molar-refractivity contribution >= 4 is 27.3 Å². The predicted molar refractivity (Wildman–Crippen MR) is 117 cm³/mol. The molecule has 1 saturated heterocycles. The molecule has 156 valence electrons. The first-order valence-electron chi connectivity index (χ1n) is 10.0. The highest BCUT2D eigenvalue weighted by atomic mass is 32.2. The zero-order valence-electron chi connectivity index (χ0n) is 17.2. The fourth-order valence-corrected chi connectivity index (χ4v) is 5.18. The largest absolute Gasteiger partial charge is 0.374 e. The number of carbonyl (C=O) groups excluding carboxylic acids is 1. The molecule has 1 amide bonds. The van der Waals surface area contributed by atoms with Crippen molar-refractivity contribution in [3.05, 3.63) is 53.6 Å². The molecule has 0 radical (unpaired) electrons. The molecule has 2 aromatic rings. The molecule has 29 heavy (non-hydrogen) atoms. The van der Waals surface area contributed by atoms with E-state index in [1.807, 2.05) is 26.0 Å². The van der Waals surface area contributed by atoms with E-state index in [0.29, 0.717) is 18.8 Å². The molecule has 2 N–H and O–H groups in total. The number of amides is 1. The first-order valence-corrected chi connectivity index (χ1v) is 11.5. The topological polar surface area (TPSA) is 78.5 Å². The first kappa shape index (κ1) is 21.3. The number of nitrogens with one attached hydrogen (secondary N) is 2. The number of carbonyl (C=O) groups is 1. The summed E-state index contributed by atoms with van der Waals surface area (Å²) in [6, 6.07) is 12.1. The van der Waals surface area contributed by atoms with Crippen molar-refractivity contribution in [2.24, 2.45) is 0 Å². The fourth-order valence-electron chi connectivity index (χ4n) is 3.61. The van der Waals surface area contributed by atoms with Gasteiger partial charge >= 0.3 is 0 Å². The molecule has 1 fully saturated rings. The molecular weight excluding hydrogens is 386 g/mol. The quantitative estimate of drug-likeness (QED) is 0.750. The van der Waals surface area contributed by atoms with E-state index < -0.39 is 16.1 Å². The van der Waals surface area contributed by atoms with Crippen LogP contribution in [-0.2, 0) is 14.8 Å². The van der Waals surface area contributed by atoms with Gasteiger partial charge in [0.1, 0.15) is 6.04 Å². The van der Waals surface area contributed by atoms with Gasteiger partial charge in [0, 0.05) is 24.5 Å². The molecule has 0 aliphatic carbocycles. The lowest BCUT2D eigenvalue weighted by molar-refractivity contribution is -0.116. The summed E-state index contributed by atoms with van der Waals surface area (Å²) in [6.07, 6.45) is 2.84. The second-order valence-corrected chi connectivity index (χ2v) is 9.66. The Morgan fingerprint density at radius 2 is 1.62 bits per heavy atom. The normalized spacial score (nSPS) is 16.2. The number of nitrogens with zero attached hydrogens (tertiary/aromatic N) is 1. The van der Waals surface area contributed by atoms with Gasteiger partial charge in [-0.3, -0.25) is 4.79 Å². The summed E-state index contributed by atoms with van der Waals surface area (Å²) in [7, 11) is -3.53. The van der Waals surface area contributed by atoms with Gasteiger partial charge in [0.15, 0.2) is 0 Å². The van der Waals surface area contributed by atoms with E-state index in [2.05, 4.69) is 16.7 Å². The van der Waals surface area contributed by atoms with E-state index in [1.165, 1.54) is 10.4 Å². The standard InChI is InChI=1S/C22H29N3O3S/c1-16-12-17(2)14-20(13-16)23-18(3)22(26)24-19-8-7-9-21(15-19)29(27,28)25-10-5-4-6-11-25/h7-9,12-15,18,23H,4-6,10-11H2,1-3H3,(H,24,26)/t18-/m1/s1. The second kappa shape index (κ2) is 8.97. The molecule has 0 bridgehead atoms. The van der Waals surface area contributed by atoms with Gasteiger partial charge in [0.25, 0.3) is 0 Å². The van der Waals surface area contributed by atoms with Crippen molar-refractivity contribution < 1.29 is 13.2 Å². The molecule has 1 atom stereocenters. The molecular formula is C22H29N3O3S. The smallest absolute Gasteiger partial charge is 0.246 e. The number of anilines is 2. The van der Waals surface area contributed by atoms with Crippen LogP contribution in [-0.4, -0.2) is 37.8 Å². The van der Waals surface area contributed by atoms with Crippen molar-refractivity contribution in [3.8, 4) is 0 Å². The lowest BCUT2D eigenvalue weighted by Gasteiger charge is -2.26. The van der Waals surface area contributed by atoms with Crippen molar-refractivity contribution in [2.75, 3.05) is 23.7 Å². The number of hydrogen-bond donors (Lipinski definition) is 2. The van der Waals surface area contributed by atoms with Crippen LogP contribution in [0.25, 0.3) is 0 Å². The van der Waals surface area contributed by atoms with Crippen LogP contribution < -0.4 is 10.6 Å². The van der Waals surface area contributed by atoms with Crippen LogP contribution in [0.5, 0.6) is 0 Å². The van der Waals surface area contributed by atoms with E-state index in [4.69, 9.17) is 0 Å². The number of sulfonamides is 1. The average Bonchev–Trinajstić information content (AvgIpc) is 2.68. The third kappa shape index (κ3) is 5.36. The summed E-state index contributed by atoms with van der Waals surface area (Å²) < 4.78 is 27.3. The highest BCUT2D eigenvalue weighted by Crippen LogP contribution is 2.23. The predicted octanol–water partition coefficient (Wildman–Crippen LogP) is 3.92. The monoisotopic (exact) mass is 415 g/mol. The molecule has 3 rings (SSSR count). The van der Waals surface area contributed by atoms with Gasteiger partial charge in [-0.05, 0) is 75.1 Å². The number of hydrogen-bond acceptors (Lipinski definition) is 4. The zero-order valence-corrected chi connectivity index (χ0v) is 18.1. The van der Waals surface area contributed by atoms with Crippen LogP contribution in [0, 0.1) is 13.8 Å². The summed E-state index contributed by atoms with van der Waals surface area (Å²) in [5, 5.41) is 6.02. The van der Waals surface area contributed by atoms with Gasteiger partial charge in [-0.2, -0.15) is 4.31 Å². The van der Waals surface area contributed by atoms with E-state index in [9.17, 15) is 13.2 Å². The highest BCUT2D eigenvalue weighted by Gasteiger charge is 2.26. The summed E-state index contributed by atoms with van der Waals surface area (Å²) in [6.45, 7) is 6.90. The third-order valence-electron chi connectivity index (χ3n) is 5.05. The van der Waals surface area contributed by atoms with Gasteiger partial charge in [-0.1, -0.05) is 18.6 Å². The molecule has 7 heteroatoms.